The van der Waals surface area contributed by atoms with Crippen LogP contribution in [0.1, 0.15) is 18.1 Å². The molecule has 2 aromatic carbocycles. The first kappa shape index (κ1) is 19.8. The second-order valence-corrected chi connectivity index (χ2v) is 6.62. The van der Waals surface area contributed by atoms with E-state index in [-0.39, 0.29) is 18.3 Å². The van der Waals surface area contributed by atoms with Crippen molar-refractivity contribution >= 4 is 29.3 Å². The van der Waals surface area contributed by atoms with Crippen LogP contribution < -0.4 is 9.47 Å². The zero-order valence-corrected chi connectivity index (χ0v) is 16.8. The number of carbonyl (C=O) groups excluding carboxylic acids is 1. The molecule has 0 unspecified atom stereocenters. The lowest BCUT2D eigenvalue weighted by Gasteiger charge is -2.14. The minimum atomic E-state index is -0.315. The Morgan fingerprint density at radius 2 is 1.82 bits per heavy atom. The van der Waals surface area contributed by atoms with Crippen LogP contribution in [0.4, 0.5) is 4.39 Å². The smallest absolute Gasteiger partial charge is 0.276 e. The lowest BCUT2D eigenvalue weighted by Crippen LogP contribution is -2.26. The molecule has 0 radical (unpaired) electrons. The third-order valence-electron chi connectivity index (χ3n) is 4.37. The normalized spacial score (nSPS) is 15.5. The van der Waals surface area contributed by atoms with Crippen LogP contribution in [0.15, 0.2) is 48.2 Å². The molecule has 1 aliphatic heterocycles. The molecule has 1 saturated heterocycles. The predicted octanol–water partition coefficient (Wildman–Crippen LogP) is 3.83. The van der Waals surface area contributed by atoms with Gasteiger partial charge in [-0.25, -0.2) is 4.39 Å². The first-order chi connectivity index (χ1) is 13.4. The van der Waals surface area contributed by atoms with E-state index in [1.165, 1.54) is 11.0 Å². The molecular weight excluding hydrogens is 379 g/mol. The number of thiocarbonyl (C=S) groups is 1. The van der Waals surface area contributed by atoms with Gasteiger partial charge in [0, 0.05) is 19.7 Å². The van der Waals surface area contributed by atoms with E-state index in [2.05, 4.69) is 0 Å². The second kappa shape index (κ2) is 8.39. The predicted molar refractivity (Wildman–Crippen MR) is 109 cm³/mol. The topological polar surface area (TPSA) is 42.0 Å². The Labute approximate surface area is 169 Å². The SMILES string of the molecule is CCOc1cc(/C=C2\C(=O)N(C)C(=S)N2C)ccc1OCc1ccccc1F. The number of benzene rings is 2. The summed E-state index contributed by atoms with van der Waals surface area (Å²) in [6, 6.07) is 11.8. The van der Waals surface area contributed by atoms with Crippen molar-refractivity contribution in [2.75, 3.05) is 20.7 Å². The minimum Gasteiger partial charge on any atom is -0.490 e. The van der Waals surface area contributed by atoms with Crippen LogP contribution in [-0.2, 0) is 11.4 Å². The average Bonchev–Trinajstić information content (AvgIpc) is 2.86. The highest BCUT2D eigenvalue weighted by molar-refractivity contribution is 7.80. The van der Waals surface area contributed by atoms with Gasteiger partial charge in [-0.2, -0.15) is 0 Å². The van der Waals surface area contributed by atoms with Gasteiger partial charge in [0.05, 0.1) is 6.61 Å². The number of halogens is 1. The van der Waals surface area contributed by atoms with Crippen molar-refractivity contribution < 1.29 is 18.7 Å². The molecular formula is C21H21FN2O3S. The molecule has 1 amide bonds. The van der Waals surface area contributed by atoms with Gasteiger partial charge in [-0.05, 0) is 49.0 Å². The third kappa shape index (κ3) is 3.99. The summed E-state index contributed by atoms with van der Waals surface area (Å²) in [5.74, 6) is 0.554. The third-order valence-corrected chi connectivity index (χ3v) is 4.92. The fraction of sp³-hybridized carbons (Fsp3) is 0.238. The van der Waals surface area contributed by atoms with Crippen LogP contribution in [0.5, 0.6) is 11.5 Å². The number of hydrogen-bond acceptors (Lipinski definition) is 4. The van der Waals surface area contributed by atoms with E-state index in [4.69, 9.17) is 21.7 Å². The highest BCUT2D eigenvalue weighted by atomic mass is 32.1. The summed E-state index contributed by atoms with van der Waals surface area (Å²) in [6.07, 6.45) is 1.75. The van der Waals surface area contributed by atoms with Gasteiger partial charge >= 0.3 is 0 Å². The highest BCUT2D eigenvalue weighted by Crippen LogP contribution is 2.31. The summed E-state index contributed by atoms with van der Waals surface area (Å²) in [5, 5.41) is 0.450. The summed E-state index contributed by atoms with van der Waals surface area (Å²) in [4.78, 5) is 15.4. The van der Waals surface area contributed by atoms with Gasteiger partial charge in [-0.1, -0.05) is 24.3 Å². The van der Waals surface area contributed by atoms with E-state index in [0.717, 1.165) is 5.56 Å². The average molecular weight is 400 g/mol. The van der Waals surface area contributed by atoms with E-state index in [0.29, 0.717) is 34.5 Å². The van der Waals surface area contributed by atoms with Crippen molar-refractivity contribution in [1.29, 1.82) is 0 Å². The molecule has 1 heterocycles. The molecule has 3 rings (SSSR count). The molecule has 28 heavy (non-hydrogen) atoms. The van der Waals surface area contributed by atoms with Crippen molar-refractivity contribution in [2.24, 2.45) is 0 Å². The van der Waals surface area contributed by atoms with Crippen molar-refractivity contribution in [2.45, 2.75) is 13.5 Å². The van der Waals surface area contributed by atoms with Gasteiger partial charge in [0.2, 0.25) is 0 Å². The first-order valence-electron chi connectivity index (χ1n) is 8.83. The Hall–Kier alpha value is -2.93. The molecule has 2 aromatic rings. The van der Waals surface area contributed by atoms with Gasteiger partial charge in [0.15, 0.2) is 16.6 Å². The number of likely N-dealkylation sites (N-methyl/N-ethyl adjacent to an activating group) is 2. The molecule has 0 atom stereocenters. The molecule has 146 valence electrons. The van der Waals surface area contributed by atoms with E-state index in [1.807, 2.05) is 13.0 Å². The maximum absolute atomic E-state index is 13.8. The molecule has 0 aliphatic carbocycles. The molecule has 7 heteroatoms. The Morgan fingerprint density at radius 1 is 1.07 bits per heavy atom. The van der Waals surface area contributed by atoms with Crippen molar-refractivity contribution in [3.8, 4) is 11.5 Å². The van der Waals surface area contributed by atoms with E-state index in [9.17, 15) is 9.18 Å². The van der Waals surface area contributed by atoms with Crippen molar-refractivity contribution in [3.05, 3.63) is 65.1 Å². The lowest BCUT2D eigenvalue weighted by molar-refractivity contribution is -0.121. The quantitative estimate of drug-likeness (QED) is 0.545. The van der Waals surface area contributed by atoms with E-state index < -0.39 is 0 Å². The van der Waals surface area contributed by atoms with Gasteiger partial charge in [0.1, 0.15) is 18.1 Å². The molecule has 0 bridgehead atoms. The summed E-state index contributed by atoms with van der Waals surface area (Å²) in [5.41, 5.74) is 1.72. The summed E-state index contributed by atoms with van der Waals surface area (Å²) >= 11 is 5.23. The maximum Gasteiger partial charge on any atom is 0.276 e. The number of ether oxygens (including phenoxy) is 2. The van der Waals surface area contributed by atoms with Crippen molar-refractivity contribution in [1.82, 2.24) is 9.80 Å². The van der Waals surface area contributed by atoms with Crippen LogP contribution in [0.3, 0.4) is 0 Å². The molecule has 0 spiro atoms. The molecule has 0 aromatic heterocycles. The van der Waals surface area contributed by atoms with Crippen molar-refractivity contribution in [3.63, 3.8) is 0 Å². The van der Waals surface area contributed by atoms with Crippen LogP contribution in [-0.4, -0.2) is 41.5 Å². The standard InChI is InChI=1S/C21H21FN2O3S/c1-4-26-19-12-14(11-17-20(25)24(3)21(28)23(17)2)9-10-18(19)27-13-15-7-5-6-8-16(15)22/h5-12H,4,13H2,1-3H3/b17-11+. The van der Waals surface area contributed by atoms with Crippen LogP contribution in [0.25, 0.3) is 6.08 Å². The maximum atomic E-state index is 13.8. The molecule has 1 fully saturated rings. The monoisotopic (exact) mass is 400 g/mol. The fourth-order valence-corrected chi connectivity index (χ4v) is 3.00. The van der Waals surface area contributed by atoms with E-state index >= 15 is 0 Å². The first-order valence-corrected chi connectivity index (χ1v) is 9.23. The second-order valence-electron chi connectivity index (χ2n) is 6.25. The van der Waals surface area contributed by atoms with Gasteiger partial charge in [-0.3, -0.25) is 9.69 Å². The van der Waals surface area contributed by atoms with Gasteiger partial charge in [0.25, 0.3) is 5.91 Å². The van der Waals surface area contributed by atoms with Crippen LogP contribution in [0, 0.1) is 5.82 Å². The Balaban J connectivity index is 1.85. The number of rotatable bonds is 6. The summed E-state index contributed by atoms with van der Waals surface area (Å²) in [6.45, 7) is 2.41. The Bertz CT molecular complexity index is 945. The van der Waals surface area contributed by atoms with Crippen LogP contribution in [0.2, 0.25) is 0 Å². The summed E-state index contributed by atoms with van der Waals surface area (Å²) < 4.78 is 25.2. The summed E-state index contributed by atoms with van der Waals surface area (Å²) in [7, 11) is 3.40. The Morgan fingerprint density at radius 3 is 2.46 bits per heavy atom. The number of amides is 1. The number of nitrogens with zero attached hydrogens (tertiary/aromatic N) is 2. The zero-order chi connectivity index (χ0) is 20.3. The zero-order valence-electron chi connectivity index (χ0n) is 15.9. The van der Waals surface area contributed by atoms with E-state index in [1.54, 1.807) is 55.4 Å². The minimum absolute atomic E-state index is 0.0907. The molecule has 0 saturated carbocycles. The van der Waals surface area contributed by atoms with Gasteiger partial charge in [-0.15, -0.1) is 0 Å². The fourth-order valence-electron chi connectivity index (χ4n) is 2.82. The number of carbonyl (C=O) groups is 1. The Kier molecular flexibility index (Phi) is 5.94. The van der Waals surface area contributed by atoms with Gasteiger partial charge < -0.3 is 14.4 Å². The highest BCUT2D eigenvalue weighted by Gasteiger charge is 2.32. The molecule has 1 aliphatic rings. The largest absolute Gasteiger partial charge is 0.490 e. The molecule has 0 N–H and O–H groups in total. The van der Waals surface area contributed by atoms with Crippen LogP contribution >= 0.6 is 12.2 Å². The molecule has 5 nitrogen and oxygen atoms in total. The number of hydrogen-bond donors (Lipinski definition) is 0. The lowest BCUT2D eigenvalue weighted by atomic mass is 10.1.